The first-order valence-electron chi connectivity index (χ1n) is 10.2. The van der Waals surface area contributed by atoms with Crippen LogP contribution in [0.5, 0.6) is 5.75 Å². The van der Waals surface area contributed by atoms with Crippen molar-refractivity contribution in [2.45, 2.75) is 45.3 Å². The number of fused-ring (bicyclic) bond motifs is 2. The summed E-state index contributed by atoms with van der Waals surface area (Å²) in [5.41, 5.74) is 7.31. The number of anilines is 1. The smallest absolute Gasteiger partial charge is 0.387 e. The van der Waals surface area contributed by atoms with Gasteiger partial charge in [0.15, 0.2) is 17.8 Å². The quantitative estimate of drug-likeness (QED) is 0.497. The van der Waals surface area contributed by atoms with E-state index in [0.717, 1.165) is 12.8 Å². The average molecular weight is 445 g/mol. The number of nitrogen functional groups attached to an aromatic ring is 1. The molecule has 11 heteroatoms. The van der Waals surface area contributed by atoms with Crippen LogP contribution in [-0.2, 0) is 6.54 Å². The summed E-state index contributed by atoms with van der Waals surface area (Å²) < 4.78 is 32.3. The number of nitrogens with two attached hydrogens (primary N) is 1. The maximum Gasteiger partial charge on any atom is 0.387 e. The molecule has 168 valence electrons. The Morgan fingerprint density at radius 2 is 2.03 bits per heavy atom. The summed E-state index contributed by atoms with van der Waals surface area (Å²) in [6.45, 7) is -0.836. The van der Waals surface area contributed by atoms with Crippen molar-refractivity contribution in [2.75, 3.05) is 5.73 Å². The molecule has 1 saturated carbocycles. The van der Waals surface area contributed by atoms with Crippen LogP contribution in [0.25, 0.3) is 16.9 Å². The van der Waals surface area contributed by atoms with Crippen molar-refractivity contribution in [3.63, 3.8) is 0 Å². The minimum Gasteiger partial charge on any atom is -0.434 e. The van der Waals surface area contributed by atoms with Crippen LogP contribution in [0.3, 0.4) is 0 Å². The lowest BCUT2D eigenvalue weighted by Crippen LogP contribution is -2.34. The lowest BCUT2D eigenvalue weighted by atomic mass is 10.0. The summed E-state index contributed by atoms with van der Waals surface area (Å²) in [5, 5.41) is 23.2. The molecule has 0 unspecified atom stereocenters. The lowest BCUT2D eigenvalue weighted by molar-refractivity contribution is -0.0502. The fraction of sp³-hybridized carbons (Fsp3) is 0.381. The van der Waals surface area contributed by atoms with Gasteiger partial charge in [-0.1, -0.05) is 0 Å². The van der Waals surface area contributed by atoms with Gasteiger partial charge in [0.2, 0.25) is 0 Å². The van der Waals surface area contributed by atoms with Crippen molar-refractivity contribution in [2.24, 2.45) is 5.92 Å². The molecule has 4 N–H and O–H groups in total. The number of benzene rings is 1. The molecule has 1 aromatic carbocycles. The molecular weight excluding hydrogens is 424 g/mol. The zero-order chi connectivity index (χ0) is 22.7. The number of aliphatic hydroxyl groups excluding tert-OH is 1. The number of rotatable bonds is 6. The third-order valence-electron chi connectivity index (χ3n) is 6.11. The molecule has 1 aliphatic carbocycles. The highest BCUT2D eigenvalue weighted by Crippen LogP contribution is 2.42. The molecule has 1 fully saturated rings. The van der Waals surface area contributed by atoms with Gasteiger partial charge < -0.3 is 25.6 Å². The highest BCUT2D eigenvalue weighted by atomic mass is 19.3. The van der Waals surface area contributed by atoms with Gasteiger partial charge in [0.25, 0.3) is 5.91 Å². The predicted octanol–water partition coefficient (Wildman–Crippen LogP) is 2.32. The Labute approximate surface area is 181 Å². The van der Waals surface area contributed by atoms with Crippen LogP contribution in [0.4, 0.5) is 14.6 Å². The maximum atomic E-state index is 13.2. The topological polar surface area (TPSA) is 126 Å². The van der Waals surface area contributed by atoms with E-state index in [0.29, 0.717) is 29.3 Å². The van der Waals surface area contributed by atoms with Gasteiger partial charge in [-0.2, -0.15) is 8.78 Å². The van der Waals surface area contributed by atoms with Gasteiger partial charge in [-0.25, -0.2) is 9.50 Å². The van der Waals surface area contributed by atoms with Crippen molar-refractivity contribution in [3.05, 3.63) is 41.1 Å². The Morgan fingerprint density at radius 3 is 2.69 bits per heavy atom. The lowest BCUT2D eigenvalue weighted by Gasteiger charge is -2.24. The van der Waals surface area contributed by atoms with E-state index in [1.807, 2.05) is 6.92 Å². The van der Waals surface area contributed by atoms with E-state index in [4.69, 9.17) is 10.5 Å². The number of hydrogen-bond donors (Lipinski definition) is 3. The summed E-state index contributed by atoms with van der Waals surface area (Å²) >= 11 is 0. The number of halogens is 2. The number of aromatic nitrogens is 3. The average Bonchev–Trinajstić information content (AvgIpc) is 3.44. The van der Waals surface area contributed by atoms with Crippen molar-refractivity contribution in [3.8, 4) is 17.0 Å². The van der Waals surface area contributed by atoms with Crippen LogP contribution in [0.2, 0.25) is 0 Å². The van der Waals surface area contributed by atoms with Gasteiger partial charge in [-0.3, -0.25) is 4.79 Å². The van der Waals surface area contributed by atoms with E-state index >= 15 is 0 Å². The summed E-state index contributed by atoms with van der Waals surface area (Å²) in [6, 6.07) is 4.67. The van der Waals surface area contributed by atoms with E-state index < -0.39 is 12.9 Å². The number of carbonyl (C=O) groups excluding carboxylic acids is 1. The first-order chi connectivity index (χ1) is 15.2. The Hall–Kier alpha value is -3.31. The second-order valence-electron chi connectivity index (χ2n) is 8.15. The van der Waals surface area contributed by atoms with E-state index in [1.165, 1.54) is 16.8 Å². The van der Waals surface area contributed by atoms with Crippen molar-refractivity contribution in [1.29, 1.82) is 0 Å². The third-order valence-corrected chi connectivity index (χ3v) is 6.11. The molecule has 0 radical (unpaired) electrons. The summed E-state index contributed by atoms with van der Waals surface area (Å²) in [4.78, 5) is 19.1. The Bertz CT molecular complexity index is 1220. The second-order valence-corrected chi connectivity index (χ2v) is 8.15. The van der Waals surface area contributed by atoms with Crippen LogP contribution in [0.1, 0.15) is 47.5 Å². The SMILES string of the molecule is C[C@@H](C1CC1)N1Cc2cc(-c3ccn4nc(N)c(C(O)O)c4n3)cc(OC(F)F)c2C1=O. The summed E-state index contributed by atoms with van der Waals surface area (Å²) in [7, 11) is 0. The summed E-state index contributed by atoms with van der Waals surface area (Å²) in [6.07, 6.45) is 1.73. The standard InChI is InChI=1S/C21H21F2N5O4/c1-9(10-2-3-10)27-8-12-6-11(7-14(32-21(22)23)15(12)19(27)29)13-4-5-28-18(25-13)16(20(30)31)17(24)26-28/h4-7,9-10,20-21,30-31H,2-3,8H2,1H3,(H2,24,26)/t9-/m0/s1. The van der Waals surface area contributed by atoms with Crippen LogP contribution >= 0.6 is 0 Å². The monoisotopic (exact) mass is 445 g/mol. The molecule has 32 heavy (non-hydrogen) atoms. The fourth-order valence-corrected chi connectivity index (χ4v) is 4.31. The minimum absolute atomic E-state index is 0.00981. The Balaban J connectivity index is 1.61. The van der Waals surface area contributed by atoms with Gasteiger partial charge in [0.05, 0.1) is 16.8 Å². The zero-order valence-corrected chi connectivity index (χ0v) is 17.1. The molecule has 1 atom stereocenters. The van der Waals surface area contributed by atoms with Crippen LogP contribution in [0, 0.1) is 5.92 Å². The van der Waals surface area contributed by atoms with Crippen LogP contribution in [0.15, 0.2) is 24.4 Å². The number of amides is 1. The Morgan fingerprint density at radius 1 is 1.28 bits per heavy atom. The van der Waals surface area contributed by atoms with Gasteiger partial charge >= 0.3 is 6.61 Å². The molecule has 1 amide bonds. The number of aliphatic hydroxyl groups is 2. The molecule has 3 aromatic rings. The number of alkyl halides is 2. The van der Waals surface area contributed by atoms with E-state index in [-0.39, 0.29) is 40.3 Å². The van der Waals surface area contributed by atoms with Crippen molar-refractivity contribution in [1.82, 2.24) is 19.5 Å². The molecule has 0 saturated heterocycles. The van der Waals surface area contributed by atoms with Crippen LogP contribution in [-0.4, -0.2) is 48.3 Å². The fourth-order valence-electron chi connectivity index (χ4n) is 4.31. The molecule has 3 heterocycles. The number of ether oxygens (including phenoxy) is 1. The number of hydrogen-bond acceptors (Lipinski definition) is 7. The van der Waals surface area contributed by atoms with Gasteiger partial charge in [-0.15, -0.1) is 5.10 Å². The molecular formula is C21H21F2N5O4. The zero-order valence-electron chi connectivity index (χ0n) is 17.1. The van der Waals surface area contributed by atoms with E-state index in [9.17, 15) is 23.8 Å². The second kappa shape index (κ2) is 7.38. The molecule has 2 aromatic heterocycles. The number of carbonyl (C=O) groups is 1. The van der Waals surface area contributed by atoms with E-state index in [1.54, 1.807) is 17.0 Å². The van der Waals surface area contributed by atoms with Gasteiger partial charge in [0.1, 0.15) is 5.75 Å². The first-order valence-corrected chi connectivity index (χ1v) is 10.2. The Kier molecular flexibility index (Phi) is 4.75. The molecule has 1 aliphatic heterocycles. The van der Waals surface area contributed by atoms with Gasteiger partial charge in [-0.05, 0) is 49.4 Å². The molecule has 0 spiro atoms. The molecule has 9 nitrogen and oxygen atoms in total. The van der Waals surface area contributed by atoms with Gasteiger partial charge in [0, 0.05) is 24.3 Å². The highest BCUT2D eigenvalue weighted by molar-refractivity contribution is 6.02. The predicted molar refractivity (Wildman–Crippen MR) is 109 cm³/mol. The van der Waals surface area contributed by atoms with E-state index in [2.05, 4.69) is 10.1 Å². The largest absolute Gasteiger partial charge is 0.434 e. The number of nitrogens with zero attached hydrogens (tertiary/aromatic N) is 4. The molecule has 5 rings (SSSR count). The minimum atomic E-state index is -3.10. The third kappa shape index (κ3) is 3.33. The van der Waals surface area contributed by atoms with Crippen molar-refractivity contribution < 1.29 is 28.5 Å². The highest BCUT2D eigenvalue weighted by Gasteiger charge is 2.40. The molecule has 0 bridgehead atoms. The van der Waals surface area contributed by atoms with Crippen molar-refractivity contribution >= 4 is 17.4 Å². The normalized spacial score (nSPS) is 17.0. The maximum absolute atomic E-state index is 13.2. The summed E-state index contributed by atoms with van der Waals surface area (Å²) in [5.74, 6) is -0.193. The first kappa shape index (κ1) is 20.6. The molecule has 2 aliphatic rings. The van der Waals surface area contributed by atoms with Crippen LogP contribution < -0.4 is 10.5 Å².